The number of ether oxygens (including phenoxy) is 1. The number of rotatable bonds is 4. The highest BCUT2D eigenvalue weighted by Gasteiger charge is 2.03. The summed E-state index contributed by atoms with van der Waals surface area (Å²) in [5.74, 6) is 0.117. The van der Waals surface area contributed by atoms with Gasteiger partial charge in [0.15, 0.2) is 11.5 Å². The zero-order chi connectivity index (χ0) is 15.2. The van der Waals surface area contributed by atoms with E-state index in [-0.39, 0.29) is 11.7 Å². The molecule has 2 rings (SSSR count). The maximum absolute atomic E-state index is 11.8. The van der Waals surface area contributed by atoms with E-state index in [2.05, 4.69) is 10.5 Å². The fourth-order valence-electron chi connectivity index (χ4n) is 1.72. The standard InChI is InChI=1S/C16H16N2O3/c1-11-3-6-13(7-4-11)16(20)18-17-10-12-5-8-15(21-2)14(19)9-12/h3-10,19H,1-2H3,(H,18,20)/b17-10+. The van der Waals surface area contributed by atoms with E-state index < -0.39 is 0 Å². The first-order valence-corrected chi connectivity index (χ1v) is 6.37. The van der Waals surface area contributed by atoms with Gasteiger partial charge in [-0.1, -0.05) is 17.7 Å². The van der Waals surface area contributed by atoms with E-state index in [9.17, 15) is 9.90 Å². The van der Waals surface area contributed by atoms with Gasteiger partial charge in [-0.25, -0.2) is 5.43 Å². The van der Waals surface area contributed by atoms with Crippen LogP contribution in [-0.2, 0) is 0 Å². The molecule has 2 N–H and O–H groups in total. The highest BCUT2D eigenvalue weighted by molar-refractivity contribution is 5.94. The largest absolute Gasteiger partial charge is 0.504 e. The Labute approximate surface area is 122 Å². The van der Waals surface area contributed by atoms with Crippen molar-refractivity contribution in [1.82, 2.24) is 5.43 Å². The molecule has 0 saturated heterocycles. The van der Waals surface area contributed by atoms with Crippen molar-refractivity contribution >= 4 is 12.1 Å². The number of aromatic hydroxyl groups is 1. The van der Waals surface area contributed by atoms with E-state index in [1.54, 1.807) is 24.3 Å². The van der Waals surface area contributed by atoms with Crippen LogP contribution >= 0.6 is 0 Å². The monoisotopic (exact) mass is 284 g/mol. The Morgan fingerprint density at radius 3 is 2.57 bits per heavy atom. The topological polar surface area (TPSA) is 70.9 Å². The predicted molar refractivity (Wildman–Crippen MR) is 80.9 cm³/mol. The summed E-state index contributed by atoms with van der Waals surface area (Å²) < 4.78 is 4.95. The van der Waals surface area contributed by atoms with Gasteiger partial charge in [0.05, 0.1) is 13.3 Å². The van der Waals surface area contributed by atoms with Gasteiger partial charge in [0, 0.05) is 5.56 Å². The van der Waals surface area contributed by atoms with Gasteiger partial charge in [-0.2, -0.15) is 5.10 Å². The van der Waals surface area contributed by atoms with Crippen molar-refractivity contribution in [3.05, 3.63) is 59.2 Å². The third-order valence-electron chi connectivity index (χ3n) is 2.90. The zero-order valence-electron chi connectivity index (χ0n) is 11.8. The van der Waals surface area contributed by atoms with Gasteiger partial charge in [-0.3, -0.25) is 4.79 Å². The zero-order valence-corrected chi connectivity index (χ0v) is 11.8. The minimum Gasteiger partial charge on any atom is -0.504 e. The lowest BCUT2D eigenvalue weighted by Crippen LogP contribution is -2.17. The molecule has 0 aliphatic rings. The maximum Gasteiger partial charge on any atom is 0.271 e. The molecule has 21 heavy (non-hydrogen) atoms. The molecule has 0 atom stereocenters. The number of hydrogen-bond acceptors (Lipinski definition) is 4. The molecule has 108 valence electrons. The first kappa shape index (κ1) is 14.6. The lowest BCUT2D eigenvalue weighted by Gasteiger charge is -2.03. The van der Waals surface area contributed by atoms with Crippen LogP contribution in [0.25, 0.3) is 0 Å². The second-order valence-corrected chi connectivity index (χ2v) is 4.50. The van der Waals surface area contributed by atoms with Crippen molar-refractivity contribution in [3.63, 3.8) is 0 Å². The maximum atomic E-state index is 11.8. The number of phenolic OH excluding ortho intramolecular Hbond substituents is 1. The normalized spacial score (nSPS) is 10.6. The summed E-state index contributed by atoms with van der Waals surface area (Å²) in [5.41, 5.74) is 4.71. The number of phenols is 1. The lowest BCUT2D eigenvalue weighted by molar-refractivity contribution is 0.0955. The van der Waals surface area contributed by atoms with Crippen molar-refractivity contribution in [2.24, 2.45) is 5.10 Å². The van der Waals surface area contributed by atoms with Crippen molar-refractivity contribution in [1.29, 1.82) is 0 Å². The molecule has 0 fully saturated rings. The third kappa shape index (κ3) is 3.82. The third-order valence-corrected chi connectivity index (χ3v) is 2.90. The van der Waals surface area contributed by atoms with Gasteiger partial charge in [-0.15, -0.1) is 0 Å². The van der Waals surface area contributed by atoms with Gasteiger partial charge in [0.1, 0.15) is 0 Å². The number of hydrazone groups is 1. The Morgan fingerprint density at radius 1 is 1.24 bits per heavy atom. The average Bonchev–Trinajstić information content (AvgIpc) is 2.48. The van der Waals surface area contributed by atoms with Gasteiger partial charge >= 0.3 is 0 Å². The quantitative estimate of drug-likeness (QED) is 0.669. The highest BCUT2D eigenvalue weighted by Crippen LogP contribution is 2.25. The van der Waals surface area contributed by atoms with Gasteiger partial charge < -0.3 is 9.84 Å². The Balaban J connectivity index is 2.00. The SMILES string of the molecule is COc1ccc(/C=N/NC(=O)c2ccc(C)cc2)cc1O. The van der Waals surface area contributed by atoms with E-state index in [1.807, 2.05) is 19.1 Å². The van der Waals surface area contributed by atoms with Gasteiger partial charge in [0.25, 0.3) is 5.91 Å². The Kier molecular flexibility index (Phi) is 4.56. The lowest BCUT2D eigenvalue weighted by atomic mass is 10.1. The molecule has 0 unspecified atom stereocenters. The molecule has 2 aromatic rings. The predicted octanol–water partition coefficient (Wildman–Crippen LogP) is 2.47. The van der Waals surface area contributed by atoms with E-state index in [0.29, 0.717) is 16.9 Å². The Bertz CT molecular complexity index is 664. The van der Waals surface area contributed by atoms with E-state index >= 15 is 0 Å². The number of methoxy groups -OCH3 is 1. The van der Waals surface area contributed by atoms with Gasteiger partial charge in [-0.05, 0) is 42.8 Å². The number of hydrogen-bond donors (Lipinski definition) is 2. The molecular formula is C16H16N2O3. The molecule has 0 aliphatic carbocycles. The molecule has 0 spiro atoms. The Hall–Kier alpha value is -2.82. The minimum absolute atomic E-state index is 0.0197. The average molecular weight is 284 g/mol. The van der Waals surface area contributed by atoms with Crippen molar-refractivity contribution in [2.75, 3.05) is 7.11 Å². The first-order chi connectivity index (χ1) is 10.1. The van der Waals surface area contributed by atoms with Crippen LogP contribution in [0.2, 0.25) is 0 Å². The summed E-state index contributed by atoms with van der Waals surface area (Å²) in [6.07, 6.45) is 1.45. The van der Waals surface area contributed by atoms with E-state index in [0.717, 1.165) is 5.56 Å². The highest BCUT2D eigenvalue weighted by atomic mass is 16.5. The summed E-state index contributed by atoms with van der Waals surface area (Å²) in [6.45, 7) is 1.95. The number of nitrogens with zero attached hydrogens (tertiary/aromatic N) is 1. The smallest absolute Gasteiger partial charge is 0.271 e. The van der Waals surface area contributed by atoms with Crippen LogP contribution in [0.5, 0.6) is 11.5 Å². The second-order valence-electron chi connectivity index (χ2n) is 4.50. The molecule has 0 bridgehead atoms. The number of carbonyl (C=O) groups is 1. The van der Waals surface area contributed by atoms with Gasteiger partial charge in [0.2, 0.25) is 0 Å². The van der Waals surface area contributed by atoms with Crippen LogP contribution in [0.4, 0.5) is 0 Å². The summed E-state index contributed by atoms with van der Waals surface area (Å²) in [4.78, 5) is 11.8. The molecular weight excluding hydrogens is 268 g/mol. The van der Waals surface area contributed by atoms with Crippen molar-refractivity contribution < 1.29 is 14.6 Å². The van der Waals surface area contributed by atoms with Crippen molar-refractivity contribution in [2.45, 2.75) is 6.92 Å². The fraction of sp³-hybridized carbons (Fsp3) is 0.125. The Morgan fingerprint density at radius 2 is 1.95 bits per heavy atom. The van der Waals surface area contributed by atoms with E-state index in [1.165, 1.54) is 19.4 Å². The molecule has 0 saturated carbocycles. The molecule has 1 amide bonds. The number of amides is 1. The number of nitrogens with one attached hydrogen (secondary N) is 1. The van der Waals surface area contributed by atoms with Crippen LogP contribution in [0, 0.1) is 6.92 Å². The summed E-state index contributed by atoms with van der Waals surface area (Å²) >= 11 is 0. The molecule has 5 nitrogen and oxygen atoms in total. The first-order valence-electron chi connectivity index (χ1n) is 6.37. The second kappa shape index (κ2) is 6.56. The number of carbonyl (C=O) groups excluding carboxylic acids is 1. The minimum atomic E-state index is -0.288. The summed E-state index contributed by atoms with van der Waals surface area (Å²) in [5, 5.41) is 13.5. The van der Waals surface area contributed by atoms with E-state index in [4.69, 9.17) is 4.74 Å². The summed E-state index contributed by atoms with van der Waals surface area (Å²) in [7, 11) is 1.48. The molecule has 0 aromatic heterocycles. The van der Waals surface area contributed by atoms with Crippen LogP contribution in [0.3, 0.4) is 0 Å². The number of benzene rings is 2. The van der Waals surface area contributed by atoms with Crippen LogP contribution in [0.15, 0.2) is 47.6 Å². The summed E-state index contributed by atoms with van der Waals surface area (Å²) in [6, 6.07) is 12.0. The molecule has 2 aromatic carbocycles. The van der Waals surface area contributed by atoms with Crippen LogP contribution in [0.1, 0.15) is 21.5 Å². The molecule has 0 radical (unpaired) electrons. The molecule has 0 heterocycles. The molecule has 5 heteroatoms. The fourth-order valence-corrected chi connectivity index (χ4v) is 1.72. The van der Waals surface area contributed by atoms with Crippen molar-refractivity contribution in [3.8, 4) is 11.5 Å². The number of aryl methyl sites for hydroxylation is 1. The molecule has 0 aliphatic heterocycles. The van der Waals surface area contributed by atoms with Crippen LogP contribution in [-0.4, -0.2) is 24.3 Å². The van der Waals surface area contributed by atoms with Crippen LogP contribution < -0.4 is 10.2 Å².